The van der Waals surface area contributed by atoms with Crippen LogP contribution in [0.4, 0.5) is 4.39 Å². The van der Waals surface area contributed by atoms with E-state index in [9.17, 15) is 14.3 Å². The van der Waals surface area contributed by atoms with Gasteiger partial charge in [0, 0.05) is 28.6 Å². The van der Waals surface area contributed by atoms with Crippen LogP contribution in [0.25, 0.3) is 0 Å². The molecule has 0 aliphatic heterocycles. The maximum atomic E-state index is 13.7. The normalized spacial score (nSPS) is 11.6. The highest BCUT2D eigenvalue weighted by Crippen LogP contribution is 2.21. The lowest BCUT2D eigenvalue weighted by molar-refractivity contribution is -0.129. The fraction of sp³-hybridized carbons (Fsp3) is 0.222. The molecule has 130 valence electrons. The van der Waals surface area contributed by atoms with E-state index in [4.69, 9.17) is 16.9 Å². The molecule has 2 rings (SSSR count). The van der Waals surface area contributed by atoms with Crippen LogP contribution in [0, 0.1) is 17.1 Å². The summed E-state index contributed by atoms with van der Waals surface area (Å²) >= 11 is 7.20. The zero-order valence-electron chi connectivity index (χ0n) is 13.2. The van der Waals surface area contributed by atoms with Crippen molar-refractivity contribution < 1.29 is 14.3 Å². The summed E-state index contributed by atoms with van der Waals surface area (Å²) in [6.45, 7) is 0.324. The molecule has 2 N–H and O–H groups in total. The molecule has 0 aromatic heterocycles. The largest absolute Gasteiger partial charge is 0.378 e. The number of nitrogens with one attached hydrogen (secondary N) is 1. The van der Waals surface area contributed by atoms with Crippen LogP contribution in [0.5, 0.6) is 0 Å². The van der Waals surface area contributed by atoms with Gasteiger partial charge in [0.1, 0.15) is 5.82 Å². The van der Waals surface area contributed by atoms with Crippen LogP contribution < -0.4 is 5.32 Å². The molecule has 0 saturated carbocycles. The lowest BCUT2D eigenvalue weighted by Crippen LogP contribution is -2.31. The Kier molecular flexibility index (Phi) is 7.26. The first-order chi connectivity index (χ1) is 12.0. The molecule has 0 fully saturated rings. The smallest absolute Gasteiger partial charge is 0.253 e. The second kappa shape index (κ2) is 9.42. The Bertz CT molecular complexity index is 795. The Balaban J connectivity index is 1.78. The predicted octanol–water partition coefficient (Wildman–Crippen LogP) is 3.43. The number of aliphatic hydroxyl groups is 1. The van der Waals surface area contributed by atoms with Gasteiger partial charge in [0.15, 0.2) is 6.10 Å². The molecule has 1 unspecified atom stereocenters. The number of benzene rings is 2. The average Bonchev–Trinajstić information content (AvgIpc) is 2.61. The van der Waals surface area contributed by atoms with E-state index >= 15 is 0 Å². The number of hydrogen-bond acceptors (Lipinski definition) is 4. The maximum Gasteiger partial charge on any atom is 0.253 e. The lowest BCUT2D eigenvalue weighted by Gasteiger charge is -2.12. The summed E-state index contributed by atoms with van der Waals surface area (Å²) in [5.41, 5.74) is 1.45. The number of hydrogen-bond donors (Lipinski definition) is 2. The second-order valence-electron chi connectivity index (χ2n) is 5.18. The standard InChI is InChI=1S/C18H16ClFN2O2S/c19-14-5-6-15(16(20)9-14)17(23)18(24)22-7-8-25-11-13-4-2-1-3-12(13)10-21/h1-6,9,17,23H,7-8,11H2,(H,22,24). The average molecular weight is 379 g/mol. The van der Waals surface area contributed by atoms with Gasteiger partial charge in [-0.25, -0.2) is 4.39 Å². The third kappa shape index (κ3) is 5.46. The summed E-state index contributed by atoms with van der Waals surface area (Å²) in [6.07, 6.45) is -1.58. The van der Waals surface area contributed by atoms with Crippen LogP contribution in [0.1, 0.15) is 22.8 Å². The van der Waals surface area contributed by atoms with E-state index < -0.39 is 17.8 Å². The molecule has 0 spiro atoms. The fourth-order valence-electron chi connectivity index (χ4n) is 2.14. The topological polar surface area (TPSA) is 73.1 Å². The summed E-state index contributed by atoms with van der Waals surface area (Å²) in [4.78, 5) is 11.9. The Morgan fingerprint density at radius 3 is 2.84 bits per heavy atom. The fourth-order valence-corrected chi connectivity index (χ4v) is 3.17. The third-order valence-electron chi connectivity index (χ3n) is 3.45. The zero-order valence-corrected chi connectivity index (χ0v) is 14.8. The molecular formula is C18H16ClFN2O2S. The van der Waals surface area contributed by atoms with Crippen molar-refractivity contribution >= 4 is 29.3 Å². The van der Waals surface area contributed by atoms with E-state index in [0.29, 0.717) is 23.6 Å². The number of amides is 1. The van der Waals surface area contributed by atoms with Crippen molar-refractivity contribution in [3.8, 4) is 6.07 Å². The van der Waals surface area contributed by atoms with Gasteiger partial charge < -0.3 is 10.4 Å². The molecule has 0 saturated heterocycles. The number of carbonyl (C=O) groups is 1. The van der Waals surface area contributed by atoms with Crippen molar-refractivity contribution in [3.05, 3.63) is 70.0 Å². The quantitative estimate of drug-likeness (QED) is 0.724. The minimum atomic E-state index is -1.58. The molecule has 25 heavy (non-hydrogen) atoms. The summed E-state index contributed by atoms with van der Waals surface area (Å²) < 4.78 is 13.7. The predicted molar refractivity (Wildman–Crippen MR) is 96.7 cm³/mol. The number of thioether (sulfide) groups is 1. The third-order valence-corrected chi connectivity index (χ3v) is 4.69. The maximum absolute atomic E-state index is 13.7. The monoisotopic (exact) mass is 378 g/mol. The zero-order chi connectivity index (χ0) is 18.2. The van der Waals surface area contributed by atoms with Gasteiger partial charge in [-0.05, 0) is 23.8 Å². The molecule has 0 bridgehead atoms. The molecule has 0 radical (unpaired) electrons. The minimum Gasteiger partial charge on any atom is -0.378 e. The first-order valence-electron chi connectivity index (χ1n) is 7.49. The molecule has 2 aromatic rings. The molecule has 0 heterocycles. The molecule has 1 atom stereocenters. The van der Waals surface area contributed by atoms with Crippen molar-refractivity contribution in [2.45, 2.75) is 11.9 Å². The van der Waals surface area contributed by atoms with Gasteiger partial charge in [-0.2, -0.15) is 17.0 Å². The van der Waals surface area contributed by atoms with Crippen molar-refractivity contribution in [3.63, 3.8) is 0 Å². The van der Waals surface area contributed by atoms with Crippen LogP contribution in [0.3, 0.4) is 0 Å². The highest BCUT2D eigenvalue weighted by atomic mass is 35.5. The van der Waals surface area contributed by atoms with Gasteiger partial charge in [-0.1, -0.05) is 35.9 Å². The van der Waals surface area contributed by atoms with Crippen LogP contribution >= 0.6 is 23.4 Å². The van der Waals surface area contributed by atoms with Gasteiger partial charge >= 0.3 is 0 Å². The van der Waals surface area contributed by atoms with Crippen LogP contribution in [-0.2, 0) is 10.5 Å². The van der Waals surface area contributed by atoms with E-state index in [-0.39, 0.29) is 10.6 Å². The first kappa shape index (κ1) is 19.3. The summed E-state index contributed by atoms with van der Waals surface area (Å²) in [7, 11) is 0. The lowest BCUT2D eigenvalue weighted by atomic mass is 10.1. The molecule has 7 heteroatoms. The number of aliphatic hydroxyl groups excluding tert-OH is 1. The van der Waals surface area contributed by atoms with Gasteiger partial charge in [-0.15, -0.1) is 0 Å². The van der Waals surface area contributed by atoms with Gasteiger partial charge in [0.05, 0.1) is 11.6 Å². The van der Waals surface area contributed by atoms with E-state index in [1.165, 1.54) is 12.1 Å². The number of nitriles is 1. The van der Waals surface area contributed by atoms with E-state index in [1.54, 1.807) is 17.8 Å². The van der Waals surface area contributed by atoms with Gasteiger partial charge in [0.2, 0.25) is 0 Å². The second-order valence-corrected chi connectivity index (χ2v) is 6.72. The highest BCUT2D eigenvalue weighted by Gasteiger charge is 2.20. The number of carbonyl (C=O) groups excluding carboxylic acids is 1. The van der Waals surface area contributed by atoms with Crippen molar-refractivity contribution in [1.29, 1.82) is 5.26 Å². The molecule has 0 aliphatic rings. The minimum absolute atomic E-state index is 0.113. The summed E-state index contributed by atoms with van der Waals surface area (Å²) in [6, 6.07) is 13.2. The Morgan fingerprint density at radius 2 is 2.12 bits per heavy atom. The van der Waals surface area contributed by atoms with Gasteiger partial charge in [-0.3, -0.25) is 4.79 Å². The molecule has 4 nitrogen and oxygen atoms in total. The summed E-state index contributed by atoms with van der Waals surface area (Å²) in [5.74, 6) is -0.146. The van der Waals surface area contributed by atoms with Crippen molar-refractivity contribution in [2.75, 3.05) is 12.3 Å². The van der Waals surface area contributed by atoms with Crippen LogP contribution in [-0.4, -0.2) is 23.3 Å². The SMILES string of the molecule is N#Cc1ccccc1CSCCNC(=O)C(O)c1ccc(Cl)cc1F. The number of rotatable bonds is 7. The van der Waals surface area contributed by atoms with Gasteiger partial charge in [0.25, 0.3) is 5.91 Å². The van der Waals surface area contributed by atoms with E-state index in [0.717, 1.165) is 11.6 Å². The Hall–Kier alpha value is -2.07. The Morgan fingerprint density at radius 1 is 1.36 bits per heavy atom. The Labute approximate surface area is 154 Å². The van der Waals surface area contributed by atoms with Crippen molar-refractivity contribution in [1.82, 2.24) is 5.32 Å². The summed E-state index contributed by atoms with van der Waals surface area (Å²) in [5, 5.41) is 21.7. The van der Waals surface area contributed by atoms with Crippen molar-refractivity contribution in [2.24, 2.45) is 0 Å². The molecular weight excluding hydrogens is 363 g/mol. The van der Waals surface area contributed by atoms with Crippen LogP contribution in [0.2, 0.25) is 5.02 Å². The number of nitrogens with zero attached hydrogens (tertiary/aromatic N) is 1. The van der Waals surface area contributed by atoms with Crippen LogP contribution in [0.15, 0.2) is 42.5 Å². The molecule has 1 amide bonds. The number of halogens is 2. The molecule has 0 aliphatic carbocycles. The van der Waals surface area contributed by atoms with E-state index in [2.05, 4.69) is 11.4 Å². The molecule has 2 aromatic carbocycles. The first-order valence-corrected chi connectivity index (χ1v) is 9.02. The van der Waals surface area contributed by atoms with E-state index in [1.807, 2.05) is 18.2 Å². The highest BCUT2D eigenvalue weighted by molar-refractivity contribution is 7.98.